The van der Waals surface area contributed by atoms with Gasteiger partial charge in [0, 0.05) is 37.2 Å². The van der Waals surface area contributed by atoms with E-state index >= 15 is 0 Å². The molecule has 1 saturated carbocycles. The Morgan fingerprint density at radius 3 is 2.79 bits per heavy atom. The molecule has 0 aromatic heterocycles. The molecule has 3 fully saturated rings. The van der Waals surface area contributed by atoms with Crippen LogP contribution >= 0.6 is 0 Å². The molecule has 148 valence electrons. The van der Waals surface area contributed by atoms with Gasteiger partial charge in [0.05, 0.1) is 0 Å². The third kappa shape index (κ3) is 2.84. The van der Waals surface area contributed by atoms with Crippen molar-refractivity contribution in [2.24, 2.45) is 5.92 Å². The normalized spacial score (nSPS) is 31.6. The number of likely N-dealkylation sites (N-methyl/N-ethyl adjacent to an activating group) is 1. The van der Waals surface area contributed by atoms with Crippen molar-refractivity contribution < 1.29 is 14.4 Å². The number of carbonyl (C=O) groups excluding carboxylic acids is 3. The number of fused-ring (bicyclic) bond motifs is 3. The van der Waals surface area contributed by atoms with Gasteiger partial charge < -0.3 is 10.2 Å². The Balaban J connectivity index is 1.35. The Hall–Kier alpha value is -2.25. The van der Waals surface area contributed by atoms with Crippen LogP contribution in [0, 0.1) is 5.92 Å². The van der Waals surface area contributed by atoms with E-state index < -0.39 is 6.04 Å². The lowest BCUT2D eigenvalue weighted by molar-refractivity contribution is -0.136. The maximum Gasteiger partial charge on any atom is 0.255 e. The Labute approximate surface area is 164 Å². The standard InChI is InChI=1S/C21H26N4O3/c1-24(18-8-12-7-16(18)22-9-12)10-13-3-2-4-14-15(13)11-25(21(14)28)17-5-6-19(26)23-20(17)27/h2-4,12,16-18,22H,5-11H2,1H3,(H,23,26,27)/t12-,16+,17?,18-/m1/s1. The first-order valence-electron chi connectivity index (χ1n) is 10.2. The summed E-state index contributed by atoms with van der Waals surface area (Å²) in [4.78, 5) is 40.7. The van der Waals surface area contributed by atoms with Crippen LogP contribution in [0.3, 0.4) is 0 Å². The summed E-state index contributed by atoms with van der Waals surface area (Å²) in [5.41, 5.74) is 2.88. The molecule has 1 aliphatic carbocycles. The van der Waals surface area contributed by atoms with Crippen LogP contribution in [0.25, 0.3) is 0 Å². The van der Waals surface area contributed by atoms with E-state index in [-0.39, 0.29) is 24.1 Å². The third-order valence-electron chi connectivity index (χ3n) is 6.96. The topological polar surface area (TPSA) is 81.8 Å². The molecule has 5 rings (SSSR count). The van der Waals surface area contributed by atoms with Gasteiger partial charge in [-0.1, -0.05) is 12.1 Å². The minimum atomic E-state index is -0.557. The number of carbonyl (C=O) groups is 3. The molecule has 1 aromatic rings. The Bertz CT molecular complexity index is 854. The smallest absolute Gasteiger partial charge is 0.255 e. The number of imide groups is 1. The van der Waals surface area contributed by atoms with Crippen LogP contribution in [0.1, 0.15) is 47.2 Å². The van der Waals surface area contributed by atoms with E-state index in [2.05, 4.69) is 28.6 Å². The number of hydrogen-bond donors (Lipinski definition) is 2. The maximum atomic E-state index is 13.0. The summed E-state index contributed by atoms with van der Waals surface area (Å²) in [6.45, 7) is 2.39. The molecule has 2 bridgehead atoms. The first-order valence-corrected chi connectivity index (χ1v) is 10.2. The molecule has 2 N–H and O–H groups in total. The monoisotopic (exact) mass is 382 g/mol. The van der Waals surface area contributed by atoms with E-state index in [1.54, 1.807) is 4.90 Å². The van der Waals surface area contributed by atoms with Crippen molar-refractivity contribution in [2.45, 2.75) is 56.9 Å². The van der Waals surface area contributed by atoms with E-state index in [1.165, 1.54) is 12.8 Å². The van der Waals surface area contributed by atoms with Crippen molar-refractivity contribution in [1.29, 1.82) is 0 Å². The summed E-state index contributed by atoms with van der Waals surface area (Å²) in [6.07, 6.45) is 3.19. The highest BCUT2D eigenvalue weighted by Gasteiger charge is 2.42. The Morgan fingerprint density at radius 1 is 1.21 bits per heavy atom. The fourth-order valence-corrected chi connectivity index (χ4v) is 5.49. The predicted molar refractivity (Wildman–Crippen MR) is 102 cm³/mol. The summed E-state index contributed by atoms with van der Waals surface area (Å²) in [6, 6.07) is 6.44. The van der Waals surface area contributed by atoms with Gasteiger partial charge in [-0.3, -0.25) is 24.6 Å². The molecule has 3 amide bonds. The molecular formula is C21H26N4O3. The quantitative estimate of drug-likeness (QED) is 0.747. The van der Waals surface area contributed by atoms with Crippen LogP contribution in [0.5, 0.6) is 0 Å². The zero-order valence-corrected chi connectivity index (χ0v) is 16.1. The molecule has 0 spiro atoms. The van der Waals surface area contributed by atoms with Gasteiger partial charge in [0.15, 0.2) is 0 Å². The van der Waals surface area contributed by atoms with Crippen molar-refractivity contribution in [1.82, 2.24) is 20.4 Å². The van der Waals surface area contributed by atoms with Gasteiger partial charge in [0.1, 0.15) is 6.04 Å². The van der Waals surface area contributed by atoms with E-state index in [0.717, 1.165) is 30.1 Å². The zero-order valence-electron chi connectivity index (χ0n) is 16.1. The van der Waals surface area contributed by atoms with Gasteiger partial charge in [-0.05, 0) is 56.0 Å². The molecule has 0 radical (unpaired) electrons. The van der Waals surface area contributed by atoms with Crippen LogP contribution in [0.15, 0.2) is 18.2 Å². The lowest BCUT2D eigenvalue weighted by Crippen LogP contribution is -2.52. The zero-order chi connectivity index (χ0) is 19.4. The van der Waals surface area contributed by atoms with Gasteiger partial charge in [-0.25, -0.2) is 0 Å². The Kier molecular flexibility index (Phi) is 4.25. The summed E-state index contributed by atoms with van der Waals surface area (Å²) in [5.74, 6) is 0.0791. The van der Waals surface area contributed by atoms with Crippen molar-refractivity contribution in [3.8, 4) is 0 Å². The van der Waals surface area contributed by atoms with Gasteiger partial charge in [0.2, 0.25) is 11.8 Å². The molecule has 4 aliphatic rings. The number of piperidine rings is 2. The van der Waals surface area contributed by atoms with E-state index in [4.69, 9.17) is 0 Å². The molecule has 2 saturated heterocycles. The van der Waals surface area contributed by atoms with Crippen LogP contribution in [-0.2, 0) is 22.7 Å². The third-order valence-corrected chi connectivity index (χ3v) is 6.96. The lowest BCUT2D eigenvalue weighted by atomic mass is 10.0. The SMILES string of the molecule is CN(Cc1cccc2c1CN(C1CCC(=O)NC1=O)C2=O)[C@@H]1C[C@@H]2CN[C@H]1C2. The largest absolute Gasteiger partial charge is 0.322 e. The molecule has 1 aromatic carbocycles. The minimum Gasteiger partial charge on any atom is -0.322 e. The van der Waals surface area contributed by atoms with E-state index in [1.807, 2.05) is 12.1 Å². The average molecular weight is 382 g/mol. The second kappa shape index (κ2) is 6.67. The van der Waals surface area contributed by atoms with Gasteiger partial charge >= 0.3 is 0 Å². The molecule has 3 heterocycles. The first kappa shape index (κ1) is 17.8. The van der Waals surface area contributed by atoms with Crippen LogP contribution in [0.2, 0.25) is 0 Å². The number of nitrogens with zero attached hydrogens (tertiary/aromatic N) is 2. The number of amides is 3. The lowest BCUT2D eigenvalue weighted by Gasteiger charge is -2.32. The highest BCUT2D eigenvalue weighted by Crippen LogP contribution is 2.35. The average Bonchev–Trinajstić information content (AvgIpc) is 3.38. The summed E-state index contributed by atoms with van der Waals surface area (Å²) < 4.78 is 0. The predicted octanol–water partition coefficient (Wildman–Crippen LogP) is 0.630. The number of hydrogen-bond acceptors (Lipinski definition) is 5. The van der Waals surface area contributed by atoms with Crippen molar-refractivity contribution in [3.63, 3.8) is 0 Å². The van der Waals surface area contributed by atoms with Crippen molar-refractivity contribution >= 4 is 17.7 Å². The molecule has 1 unspecified atom stereocenters. The summed E-state index contributed by atoms with van der Waals surface area (Å²) >= 11 is 0. The minimum absolute atomic E-state index is 0.101. The molecular weight excluding hydrogens is 356 g/mol. The fraction of sp³-hybridized carbons (Fsp3) is 0.571. The second-order valence-corrected chi connectivity index (χ2v) is 8.68. The molecule has 7 nitrogen and oxygen atoms in total. The van der Waals surface area contributed by atoms with Gasteiger partial charge in [-0.15, -0.1) is 0 Å². The van der Waals surface area contributed by atoms with E-state index in [0.29, 0.717) is 30.6 Å². The van der Waals surface area contributed by atoms with Crippen LogP contribution < -0.4 is 10.6 Å². The fourth-order valence-electron chi connectivity index (χ4n) is 5.49. The molecule has 7 heteroatoms. The number of nitrogens with one attached hydrogen (secondary N) is 2. The Morgan fingerprint density at radius 2 is 2.07 bits per heavy atom. The highest BCUT2D eigenvalue weighted by molar-refractivity contribution is 6.05. The summed E-state index contributed by atoms with van der Waals surface area (Å²) in [7, 11) is 2.17. The molecule has 4 atom stereocenters. The number of benzene rings is 1. The first-order chi connectivity index (χ1) is 13.5. The highest BCUT2D eigenvalue weighted by atomic mass is 16.2. The van der Waals surface area contributed by atoms with Crippen LogP contribution in [0.4, 0.5) is 0 Å². The molecule has 28 heavy (non-hydrogen) atoms. The summed E-state index contributed by atoms with van der Waals surface area (Å²) in [5, 5.41) is 5.98. The van der Waals surface area contributed by atoms with Crippen molar-refractivity contribution in [3.05, 3.63) is 34.9 Å². The molecule has 3 aliphatic heterocycles. The second-order valence-electron chi connectivity index (χ2n) is 8.68. The maximum absolute atomic E-state index is 13.0. The van der Waals surface area contributed by atoms with Gasteiger partial charge in [-0.2, -0.15) is 0 Å². The van der Waals surface area contributed by atoms with E-state index in [9.17, 15) is 14.4 Å². The number of rotatable bonds is 4. The van der Waals surface area contributed by atoms with Crippen molar-refractivity contribution in [2.75, 3.05) is 13.6 Å². The van der Waals surface area contributed by atoms with Crippen LogP contribution in [-0.4, -0.2) is 59.2 Å². The van der Waals surface area contributed by atoms with Gasteiger partial charge in [0.25, 0.3) is 5.91 Å².